The molecule has 0 atom stereocenters. The van der Waals surface area contributed by atoms with E-state index in [2.05, 4.69) is 15.9 Å². The lowest BCUT2D eigenvalue weighted by atomic mass is 10.4. The summed E-state index contributed by atoms with van der Waals surface area (Å²) < 4.78 is 58.9. The fourth-order valence-corrected chi connectivity index (χ4v) is 1.30. The Hall–Kier alpha value is 0.0900. The Morgan fingerprint density at radius 2 is 1.77 bits per heavy atom. The summed E-state index contributed by atoms with van der Waals surface area (Å²) in [6.07, 6.45) is -7.15. The summed E-state index contributed by atoms with van der Waals surface area (Å²) in [4.78, 5) is 0.666. The summed E-state index contributed by atoms with van der Waals surface area (Å²) in [7, 11) is 0. The summed E-state index contributed by atoms with van der Waals surface area (Å²) >= 11 is 2.89. The van der Waals surface area contributed by atoms with E-state index in [1.807, 2.05) is 0 Å². The second-order valence-corrected chi connectivity index (χ2v) is 3.22. The third kappa shape index (κ3) is 8.42. The molecule has 0 aromatic rings. The van der Waals surface area contributed by atoms with Crippen LogP contribution < -0.4 is 0 Å². The van der Waals surface area contributed by atoms with Crippen LogP contribution in [0.5, 0.6) is 0 Å². The Morgan fingerprint density at radius 3 is 2.08 bits per heavy atom. The SMILES string of the molecule is FC(F)CN(CCBr)CC(F)(F)F. The molecule has 7 heteroatoms. The van der Waals surface area contributed by atoms with Crippen LogP contribution in [0.2, 0.25) is 0 Å². The van der Waals surface area contributed by atoms with Gasteiger partial charge >= 0.3 is 6.18 Å². The molecule has 0 N–H and O–H groups in total. The van der Waals surface area contributed by atoms with Crippen LogP contribution >= 0.6 is 15.9 Å². The van der Waals surface area contributed by atoms with E-state index in [1.54, 1.807) is 0 Å². The molecule has 0 aromatic heterocycles. The molecule has 0 heterocycles. The number of hydrogen-bond acceptors (Lipinski definition) is 1. The third-order valence-electron chi connectivity index (χ3n) is 1.20. The van der Waals surface area contributed by atoms with Gasteiger partial charge in [-0.1, -0.05) is 15.9 Å². The van der Waals surface area contributed by atoms with Crippen molar-refractivity contribution in [2.45, 2.75) is 12.6 Å². The van der Waals surface area contributed by atoms with Crippen molar-refractivity contribution in [3.8, 4) is 0 Å². The first-order chi connectivity index (χ1) is 5.85. The lowest BCUT2D eigenvalue weighted by Crippen LogP contribution is -2.38. The van der Waals surface area contributed by atoms with Crippen LogP contribution in [0.15, 0.2) is 0 Å². The standard InChI is InChI=1S/C6H9BrF5N/c7-1-2-13(3-5(8)9)4-6(10,11)12/h5H,1-4H2. The van der Waals surface area contributed by atoms with Gasteiger partial charge in [-0.05, 0) is 0 Å². The maximum absolute atomic E-state index is 11.8. The molecule has 0 fully saturated rings. The summed E-state index contributed by atoms with van der Waals surface area (Å²) in [6.45, 7) is -2.17. The molecule has 0 aliphatic carbocycles. The predicted molar refractivity (Wildman–Crippen MR) is 42.3 cm³/mol. The number of nitrogens with zero attached hydrogens (tertiary/aromatic N) is 1. The molecule has 0 bridgehead atoms. The zero-order valence-corrected chi connectivity index (χ0v) is 8.21. The molecule has 0 saturated heterocycles. The molecular formula is C6H9BrF5N. The molecule has 0 aromatic carbocycles. The Bertz CT molecular complexity index is 137. The van der Waals surface area contributed by atoms with Gasteiger partial charge in [0.15, 0.2) is 0 Å². The highest BCUT2D eigenvalue weighted by atomic mass is 79.9. The first kappa shape index (κ1) is 13.1. The Kier molecular flexibility index (Phi) is 5.78. The van der Waals surface area contributed by atoms with E-state index in [1.165, 1.54) is 0 Å². The van der Waals surface area contributed by atoms with Gasteiger partial charge in [-0.15, -0.1) is 0 Å². The second kappa shape index (κ2) is 5.74. The van der Waals surface area contributed by atoms with E-state index in [0.29, 0.717) is 4.90 Å². The monoisotopic (exact) mass is 269 g/mol. The maximum atomic E-state index is 11.8. The number of hydrogen-bond donors (Lipinski definition) is 0. The van der Waals surface area contributed by atoms with Crippen molar-refractivity contribution in [1.82, 2.24) is 4.90 Å². The fraction of sp³-hybridized carbons (Fsp3) is 1.00. The average molecular weight is 270 g/mol. The Labute approximate surface area is 81.0 Å². The molecule has 0 amide bonds. The van der Waals surface area contributed by atoms with Crippen LogP contribution in [0, 0.1) is 0 Å². The van der Waals surface area contributed by atoms with Crippen LogP contribution in [0.4, 0.5) is 22.0 Å². The minimum Gasteiger partial charge on any atom is -0.288 e. The minimum atomic E-state index is -4.42. The van der Waals surface area contributed by atoms with Crippen molar-refractivity contribution < 1.29 is 22.0 Å². The normalized spacial score (nSPS) is 12.9. The maximum Gasteiger partial charge on any atom is 0.401 e. The largest absolute Gasteiger partial charge is 0.401 e. The first-order valence-corrected chi connectivity index (χ1v) is 4.60. The van der Waals surface area contributed by atoms with Gasteiger partial charge in [0.1, 0.15) is 0 Å². The Balaban J connectivity index is 3.94. The number of alkyl halides is 6. The molecular weight excluding hydrogens is 261 g/mol. The topological polar surface area (TPSA) is 3.24 Å². The van der Waals surface area contributed by atoms with E-state index in [-0.39, 0.29) is 11.9 Å². The number of halogens is 6. The lowest BCUT2D eigenvalue weighted by molar-refractivity contribution is -0.148. The molecule has 0 aliphatic heterocycles. The van der Waals surface area contributed by atoms with Crippen molar-refractivity contribution >= 4 is 15.9 Å². The molecule has 1 nitrogen and oxygen atoms in total. The van der Waals surface area contributed by atoms with Gasteiger partial charge in [-0.3, -0.25) is 4.90 Å². The average Bonchev–Trinajstić information content (AvgIpc) is 1.81. The molecule has 0 radical (unpaired) electrons. The first-order valence-electron chi connectivity index (χ1n) is 3.48. The van der Waals surface area contributed by atoms with Gasteiger partial charge in [0.05, 0.1) is 13.1 Å². The van der Waals surface area contributed by atoms with E-state index in [4.69, 9.17) is 0 Å². The quantitative estimate of drug-likeness (QED) is 0.548. The third-order valence-corrected chi connectivity index (χ3v) is 1.55. The van der Waals surface area contributed by atoms with Crippen LogP contribution in [-0.2, 0) is 0 Å². The predicted octanol–water partition coefficient (Wildman–Crippen LogP) is 2.51. The zero-order chi connectivity index (χ0) is 10.5. The summed E-state index contributed by atoms with van der Waals surface area (Å²) in [6, 6.07) is 0. The molecule has 0 aliphatic rings. The van der Waals surface area contributed by atoms with Crippen molar-refractivity contribution in [2.75, 3.05) is 25.0 Å². The number of rotatable bonds is 5. The van der Waals surface area contributed by atoms with Crippen LogP contribution in [0.1, 0.15) is 0 Å². The minimum absolute atomic E-state index is 0.0378. The Morgan fingerprint density at radius 1 is 1.23 bits per heavy atom. The van der Waals surface area contributed by atoms with Gasteiger partial charge in [0.25, 0.3) is 6.43 Å². The zero-order valence-electron chi connectivity index (χ0n) is 6.62. The van der Waals surface area contributed by atoms with E-state index in [9.17, 15) is 22.0 Å². The molecule has 0 saturated carbocycles. The highest BCUT2D eigenvalue weighted by Gasteiger charge is 2.31. The van der Waals surface area contributed by atoms with Gasteiger partial charge in [-0.25, -0.2) is 8.78 Å². The van der Waals surface area contributed by atoms with Gasteiger partial charge in [0, 0.05) is 11.9 Å². The smallest absolute Gasteiger partial charge is 0.288 e. The van der Waals surface area contributed by atoms with Crippen LogP contribution in [0.3, 0.4) is 0 Å². The molecule has 0 spiro atoms. The highest BCUT2D eigenvalue weighted by Crippen LogP contribution is 2.17. The van der Waals surface area contributed by atoms with Crippen LogP contribution in [0.25, 0.3) is 0 Å². The second-order valence-electron chi connectivity index (χ2n) is 2.43. The van der Waals surface area contributed by atoms with E-state index < -0.39 is 25.7 Å². The van der Waals surface area contributed by atoms with Gasteiger partial charge < -0.3 is 0 Å². The van der Waals surface area contributed by atoms with Gasteiger partial charge in [0.2, 0.25) is 0 Å². The summed E-state index contributed by atoms with van der Waals surface area (Å²) in [5, 5.41) is 0.246. The highest BCUT2D eigenvalue weighted by molar-refractivity contribution is 9.09. The molecule has 80 valence electrons. The van der Waals surface area contributed by atoms with Crippen molar-refractivity contribution in [3.05, 3.63) is 0 Å². The lowest BCUT2D eigenvalue weighted by Gasteiger charge is -2.21. The molecule has 13 heavy (non-hydrogen) atoms. The van der Waals surface area contributed by atoms with Crippen molar-refractivity contribution in [1.29, 1.82) is 0 Å². The van der Waals surface area contributed by atoms with Gasteiger partial charge in [-0.2, -0.15) is 13.2 Å². The molecule has 0 rings (SSSR count). The van der Waals surface area contributed by atoms with Crippen LogP contribution in [-0.4, -0.2) is 42.5 Å². The van der Waals surface area contributed by atoms with E-state index in [0.717, 1.165) is 0 Å². The van der Waals surface area contributed by atoms with Crippen molar-refractivity contribution in [2.24, 2.45) is 0 Å². The summed E-state index contributed by atoms with van der Waals surface area (Å²) in [5.41, 5.74) is 0. The van der Waals surface area contributed by atoms with E-state index >= 15 is 0 Å². The molecule has 0 unspecified atom stereocenters. The fourth-order valence-electron chi connectivity index (χ4n) is 0.803. The summed E-state index contributed by atoms with van der Waals surface area (Å²) in [5.74, 6) is 0. The van der Waals surface area contributed by atoms with Crippen molar-refractivity contribution in [3.63, 3.8) is 0 Å².